The lowest BCUT2D eigenvalue weighted by atomic mass is 9.97. The van der Waals surface area contributed by atoms with E-state index >= 15 is 0 Å². The Kier molecular flexibility index (Phi) is 4.45. The van der Waals surface area contributed by atoms with Gasteiger partial charge in [0.25, 0.3) is 0 Å². The number of benzene rings is 2. The van der Waals surface area contributed by atoms with Crippen molar-refractivity contribution in [2.75, 3.05) is 6.61 Å². The van der Waals surface area contributed by atoms with Crippen LogP contribution in [-0.4, -0.2) is 16.6 Å². The van der Waals surface area contributed by atoms with Gasteiger partial charge in [0.2, 0.25) is 0 Å². The van der Waals surface area contributed by atoms with Crippen molar-refractivity contribution in [3.63, 3.8) is 0 Å². The van der Waals surface area contributed by atoms with Crippen LogP contribution in [0, 0.1) is 10.1 Å². The molecule has 0 radical (unpaired) electrons. The van der Waals surface area contributed by atoms with Gasteiger partial charge in [0.15, 0.2) is 5.75 Å². The Bertz CT molecular complexity index is 643. The van der Waals surface area contributed by atoms with E-state index < -0.39 is 10.5 Å². The van der Waals surface area contributed by atoms with Crippen molar-refractivity contribution in [3.8, 4) is 5.75 Å². The van der Waals surface area contributed by atoms with Crippen LogP contribution >= 0.6 is 11.6 Å². The summed E-state index contributed by atoms with van der Waals surface area (Å²) < 4.78 is 5.42. The second-order valence-electron chi connectivity index (χ2n) is 4.80. The molecule has 0 aliphatic rings. The molecule has 0 amide bonds. The molecule has 21 heavy (non-hydrogen) atoms. The molecule has 0 aliphatic heterocycles. The number of halogens is 1. The van der Waals surface area contributed by atoms with Crippen LogP contribution in [0.3, 0.4) is 0 Å². The lowest BCUT2D eigenvalue weighted by Crippen LogP contribution is -2.29. The normalized spacial score (nSPS) is 13.5. The Labute approximate surface area is 126 Å². The molecule has 1 unspecified atom stereocenters. The first-order chi connectivity index (χ1) is 9.90. The van der Waals surface area contributed by atoms with Crippen LogP contribution < -0.4 is 4.74 Å². The highest BCUT2D eigenvalue weighted by Crippen LogP contribution is 2.31. The largest absolute Gasteiger partial charge is 0.483 e. The molecule has 1 atom stereocenters. The van der Waals surface area contributed by atoms with Crippen molar-refractivity contribution in [1.82, 2.24) is 0 Å². The van der Waals surface area contributed by atoms with E-state index in [0.717, 1.165) is 0 Å². The van der Waals surface area contributed by atoms with E-state index in [0.29, 0.717) is 10.6 Å². The number of aliphatic hydroxyl groups is 1. The van der Waals surface area contributed by atoms with Gasteiger partial charge in [-0.05, 0) is 18.6 Å². The molecule has 0 spiro atoms. The van der Waals surface area contributed by atoms with Crippen molar-refractivity contribution in [2.45, 2.75) is 12.5 Å². The minimum Gasteiger partial charge on any atom is -0.483 e. The topological polar surface area (TPSA) is 72.6 Å². The van der Waals surface area contributed by atoms with Crippen LogP contribution in [-0.2, 0) is 5.60 Å². The first kappa shape index (κ1) is 15.3. The molecule has 1 N–H and O–H groups in total. The van der Waals surface area contributed by atoms with E-state index in [2.05, 4.69) is 0 Å². The van der Waals surface area contributed by atoms with Crippen molar-refractivity contribution in [3.05, 3.63) is 69.2 Å². The molecule has 0 aromatic heterocycles. The molecule has 2 rings (SSSR count). The SMILES string of the molecule is CC(O)(COc1cc(Cl)ccc1[N+](=O)[O-])c1ccccc1. The maximum Gasteiger partial charge on any atom is 0.311 e. The van der Waals surface area contributed by atoms with Crippen LogP contribution in [0.2, 0.25) is 5.02 Å². The third kappa shape index (κ3) is 3.71. The van der Waals surface area contributed by atoms with Gasteiger partial charge in [-0.25, -0.2) is 0 Å². The average Bonchev–Trinajstić information content (AvgIpc) is 2.46. The van der Waals surface area contributed by atoms with E-state index in [4.69, 9.17) is 16.3 Å². The molecule has 5 nitrogen and oxygen atoms in total. The zero-order valence-corrected chi connectivity index (χ0v) is 12.1. The summed E-state index contributed by atoms with van der Waals surface area (Å²) in [4.78, 5) is 10.4. The van der Waals surface area contributed by atoms with Gasteiger partial charge in [0.05, 0.1) is 4.92 Å². The number of nitrogens with zero attached hydrogens (tertiary/aromatic N) is 1. The van der Waals surface area contributed by atoms with Crippen LogP contribution in [0.25, 0.3) is 0 Å². The van der Waals surface area contributed by atoms with Crippen molar-refractivity contribution < 1.29 is 14.8 Å². The third-order valence-corrected chi connectivity index (χ3v) is 3.26. The van der Waals surface area contributed by atoms with Crippen LogP contribution in [0.4, 0.5) is 5.69 Å². The molecule has 0 heterocycles. The van der Waals surface area contributed by atoms with E-state index in [9.17, 15) is 15.2 Å². The molecule has 0 aliphatic carbocycles. The first-order valence-electron chi connectivity index (χ1n) is 6.25. The highest BCUT2D eigenvalue weighted by Gasteiger charge is 2.26. The van der Waals surface area contributed by atoms with Gasteiger partial charge in [-0.2, -0.15) is 0 Å². The van der Waals surface area contributed by atoms with Crippen LogP contribution in [0.5, 0.6) is 5.75 Å². The molecule has 110 valence electrons. The predicted octanol–water partition coefficient (Wildman–Crippen LogP) is 3.53. The monoisotopic (exact) mass is 307 g/mol. The maximum absolute atomic E-state index is 10.9. The Morgan fingerprint density at radius 3 is 2.57 bits per heavy atom. The summed E-state index contributed by atoms with van der Waals surface area (Å²) >= 11 is 5.82. The number of nitro groups is 1. The van der Waals surface area contributed by atoms with Gasteiger partial charge in [-0.1, -0.05) is 41.9 Å². The van der Waals surface area contributed by atoms with Crippen LogP contribution in [0.1, 0.15) is 12.5 Å². The summed E-state index contributed by atoms with van der Waals surface area (Å²) in [6.45, 7) is 1.46. The molecular formula is C15H14ClNO4. The fourth-order valence-corrected chi connectivity index (χ4v) is 2.02. The molecule has 6 heteroatoms. The number of ether oxygens (including phenoxy) is 1. The summed E-state index contributed by atoms with van der Waals surface area (Å²) in [5.74, 6) is 0.0312. The minimum absolute atomic E-state index is 0.0312. The number of hydrogen-bond donors (Lipinski definition) is 1. The van der Waals surface area contributed by atoms with E-state index in [1.54, 1.807) is 31.2 Å². The fraction of sp³-hybridized carbons (Fsp3) is 0.200. The quantitative estimate of drug-likeness (QED) is 0.677. The Balaban J connectivity index is 2.20. The lowest BCUT2D eigenvalue weighted by Gasteiger charge is -2.23. The van der Waals surface area contributed by atoms with Gasteiger partial charge in [0.1, 0.15) is 12.2 Å². The summed E-state index contributed by atoms with van der Waals surface area (Å²) in [7, 11) is 0. The predicted molar refractivity (Wildman–Crippen MR) is 79.6 cm³/mol. The maximum atomic E-state index is 10.9. The standard InChI is InChI=1S/C15H14ClNO4/c1-15(18,11-5-3-2-4-6-11)10-21-14-9-12(16)7-8-13(14)17(19)20/h2-9,18H,10H2,1H3. The highest BCUT2D eigenvalue weighted by molar-refractivity contribution is 6.30. The number of hydrogen-bond acceptors (Lipinski definition) is 4. The summed E-state index contributed by atoms with van der Waals surface area (Å²) in [6.07, 6.45) is 0. The summed E-state index contributed by atoms with van der Waals surface area (Å²) in [5.41, 5.74) is -0.796. The molecule has 2 aromatic rings. The van der Waals surface area contributed by atoms with E-state index in [1.807, 2.05) is 6.07 Å². The number of nitro benzene ring substituents is 1. The molecular weight excluding hydrogens is 294 g/mol. The van der Waals surface area contributed by atoms with Gasteiger partial charge in [0, 0.05) is 17.2 Å². The van der Waals surface area contributed by atoms with E-state index in [-0.39, 0.29) is 18.0 Å². The minimum atomic E-state index is -1.27. The lowest BCUT2D eigenvalue weighted by molar-refractivity contribution is -0.386. The molecule has 0 saturated heterocycles. The zero-order chi connectivity index (χ0) is 15.5. The first-order valence-corrected chi connectivity index (χ1v) is 6.62. The van der Waals surface area contributed by atoms with Gasteiger partial charge in [-0.15, -0.1) is 0 Å². The molecule has 0 fully saturated rings. The zero-order valence-electron chi connectivity index (χ0n) is 11.3. The molecule has 0 saturated carbocycles. The smallest absolute Gasteiger partial charge is 0.311 e. The number of rotatable bonds is 5. The second kappa shape index (κ2) is 6.11. The highest BCUT2D eigenvalue weighted by atomic mass is 35.5. The van der Waals surface area contributed by atoms with Crippen molar-refractivity contribution in [2.24, 2.45) is 0 Å². The van der Waals surface area contributed by atoms with Crippen molar-refractivity contribution in [1.29, 1.82) is 0 Å². The second-order valence-corrected chi connectivity index (χ2v) is 5.23. The Hall–Kier alpha value is -2.11. The molecule has 2 aromatic carbocycles. The summed E-state index contributed by atoms with van der Waals surface area (Å²) in [6, 6.07) is 13.0. The van der Waals surface area contributed by atoms with E-state index in [1.165, 1.54) is 18.2 Å². The van der Waals surface area contributed by atoms with Crippen molar-refractivity contribution >= 4 is 17.3 Å². The Morgan fingerprint density at radius 1 is 1.29 bits per heavy atom. The van der Waals surface area contributed by atoms with Gasteiger partial charge in [-0.3, -0.25) is 10.1 Å². The summed E-state index contributed by atoms with van der Waals surface area (Å²) in [5, 5.41) is 21.7. The third-order valence-electron chi connectivity index (χ3n) is 3.02. The average molecular weight is 308 g/mol. The van der Waals surface area contributed by atoms with Crippen LogP contribution in [0.15, 0.2) is 48.5 Å². The molecule has 0 bridgehead atoms. The van der Waals surface area contributed by atoms with Gasteiger partial charge >= 0.3 is 5.69 Å². The van der Waals surface area contributed by atoms with Gasteiger partial charge < -0.3 is 9.84 Å². The Morgan fingerprint density at radius 2 is 1.95 bits per heavy atom. The fourth-order valence-electron chi connectivity index (χ4n) is 1.85.